The Balaban J connectivity index is 1.91. The Hall–Kier alpha value is -1.43. The molecule has 0 radical (unpaired) electrons. The van der Waals surface area contributed by atoms with Crippen molar-refractivity contribution in [2.24, 2.45) is 17.6 Å². The highest BCUT2D eigenvalue weighted by molar-refractivity contribution is 5.79. The molecule has 0 aliphatic carbocycles. The highest BCUT2D eigenvalue weighted by Gasteiger charge is 2.28. The van der Waals surface area contributed by atoms with Crippen LogP contribution in [0.2, 0.25) is 0 Å². The van der Waals surface area contributed by atoms with Crippen LogP contribution in [0.1, 0.15) is 26.7 Å². The minimum absolute atomic E-state index is 0.0943. The molecule has 2 heterocycles. The fourth-order valence-corrected chi connectivity index (χ4v) is 2.52. The minimum atomic E-state index is -0.106. The molecule has 2 N–H and O–H groups in total. The van der Waals surface area contributed by atoms with Crippen LogP contribution in [0.4, 0.5) is 0 Å². The van der Waals surface area contributed by atoms with Crippen LogP contribution < -0.4 is 5.73 Å². The highest BCUT2D eigenvalue weighted by Crippen LogP contribution is 2.20. The first-order valence-electron chi connectivity index (χ1n) is 6.94. The van der Waals surface area contributed by atoms with Crippen molar-refractivity contribution in [3.05, 3.63) is 12.7 Å². The van der Waals surface area contributed by atoms with E-state index in [9.17, 15) is 4.79 Å². The van der Waals surface area contributed by atoms with Gasteiger partial charge in [0, 0.05) is 25.7 Å². The second-order valence-electron chi connectivity index (χ2n) is 5.56. The Kier molecular flexibility index (Phi) is 4.52. The van der Waals surface area contributed by atoms with E-state index in [2.05, 4.69) is 10.1 Å². The fraction of sp³-hybridized carbons (Fsp3) is 0.769. The molecule has 0 bridgehead atoms. The predicted octanol–water partition coefficient (Wildman–Crippen LogP) is 0.500. The zero-order chi connectivity index (χ0) is 13.8. The van der Waals surface area contributed by atoms with E-state index in [0.717, 1.165) is 32.5 Å². The van der Waals surface area contributed by atoms with Gasteiger partial charge in [-0.3, -0.25) is 9.48 Å². The Bertz CT molecular complexity index is 403. The van der Waals surface area contributed by atoms with Crippen LogP contribution in [-0.4, -0.2) is 44.7 Å². The summed E-state index contributed by atoms with van der Waals surface area (Å²) in [6.45, 7) is 6.28. The van der Waals surface area contributed by atoms with Crippen molar-refractivity contribution in [2.45, 2.75) is 39.3 Å². The van der Waals surface area contributed by atoms with Gasteiger partial charge in [-0.15, -0.1) is 0 Å². The van der Waals surface area contributed by atoms with Gasteiger partial charge in [-0.1, -0.05) is 6.92 Å². The van der Waals surface area contributed by atoms with E-state index in [1.54, 1.807) is 12.7 Å². The van der Waals surface area contributed by atoms with Crippen molar-refractivity contribution in [3.63, 3.8) is 0 Å². The molecule has 106 valence electrons. The summed E-state index contributed by atoms with van der Waals surface area (Å²) in [5.74, 6) is 0.531. The van der Waals surface area contributed by atoms with Crippen molar-refractivity contribution in [3.8, 4) is 0 Å². The van der Waals surface area contributed by atoms with Gasteiger partial charge in [-0.2, -0.15) is 5.10 Å². The summed E-state index contributed by atoms with van der Waals surface area (Å²) >= 11 is 0. The fourth-order valence-electron chi connectivity index (χ4n) is 2.52. The first kappa shape index (κ1) is 14.0. The number of nitrogens with zero attached hydrogens (tertiary/aromatic N) is 4. The molecule has 6 heteroatoms. The maximum atomic E-state index is 12.3. The Morgan fingerprint density at radius 2 is 2.32 bits per heavy atom. The lowest BCUT2D eigenvalue weighted by molar-refractivity contribution is -0.137. The third kappa shape index (κ3) is 3.53. The number of aromatic nitrogens is 3. The number of hydrogen-bond acceptors (Lipinski definition) is 4. The lowest BCUT2D eigenvalue weighted by atomic mass is 9.95. The monoisotopic (exact) mass is 265 g/mol. The van der Waals surface area contributed by atoms with E-state index in [1.165, 1.54) is 0 Å². The zero-order valence-corrected chi connectivity index (χ0v) is 11.7. The molecule has 6 nitrogen and oxygen atoms in total. The molecule has 1 amide bonds. The van der Waals surface area contributed by atoms with Crippen molar-refractivity contribution in [1.82, 2.24) is 19.7 Å². The smallest absolute Gasteiger partial charge is 0.226 e. The molecule has 3 unspecified atom stereocenters. The van der Waals surface area contributed by atoms with Crippen molar-refractivity contribution < 1.29 is 4.79 Å². The SMILES string of the molecule is CC(N)C(C)C(=O)N1CCCC(Cn2cncn2)C1. The summed E-state index contributed by atoms with van der Waals surface area (Å²) in [6, 6.07) is -0.0943. The van der Waals surface area contributed by atoms with Crippen LogP contribution in [0.3, 0.4) is 0 Å². The average molecular weight is 265 g/mol. The predicted molar refractivity (Wildman–Crippen MR) is 72.1 cm³/mol. The second kappa shape index (κ2) is 6.14. The Labute approximate surface area is 114 Å². The number of piperidine rings is 1. The number of rotatable bonds is 4. The maximum Gasteiger partial charge on any atom is 0.226 e. The normalized spacial score (nSPS) is 23.1. The molecular weight excluding hydrogens is 242 g/mol. The molecule has 0 saturated carbocycles. The van der Waals surface area contributed by atoms with Crippen molar-refractivity contribution in [1.29, 1.82) is 0 Å². The summed E-state index contributed by atoms with van der Waals surface area (Å²) < 4.78 is 1.84. The lowest BCUT2D eigenvalue weighted by Crippen LogP contribution is -2.46. The van der Waals surface area contributed by atoms with Gasteiger partial charge < -0.3 is 10.6 Å². The van der Waals surface area contributed by atoms with E-state index in [0.29, 0.717) is 5.92 Å². The number of carbonyl (C=O) groups is 1. The third-order valence-electron chi connectivity index (χ3n) is 3.92. The molecule has 1 aromatic rings. The van der Waals surface area contributed by atoms with Gasteiger partial charge in [0.2, 0.25) is 5.91 Å². The first-order chi connectivity index (χ1) is 9.08. The van der Waals surface area contributed by atoms with E-state index in [1.807, 2.05) is 23.4 Å². The van der Waals surface area contributed by atoms with Gasteiger partial charge in [0.1, 0.15) is 12.7 Å². The summed E-state index contributed by atoms with van der Waals surface area (Å²) in [5, 5.41) is 4.13. The van der Waals surface area contributed by atoms with Gasteiger partial charge >= 0.3 is 0 Å². The summed E-state index contributed by atoms with van der Waals surface area (Å²) in [5.41, 5.74) is 5.82. The molecule has 1 saturated heterocycles. The first-order valence-corrected chi connectivity index (χ1v) is 6.94. The van der Waals surface area contributed by atoms with Crippen LogP contribution in [0.5, 0.6) is 0 Å². The Morgan fingerprint density at radius 3 is 2.95 bits per heavy atom. The van der Waals surface area contributed by atoms with Gasteiger partial charge in [0.15, 0.2) is 0 Å². The van der Waals surface area contributed by atoms with Gasteiger partial charge in [0.25, 0.3) is 0 Å². The molecule has 1 aliphatic heterocycles. The second-order valence-corrected chi connectivity index (χ2v) is 5.56. The number of likely N-dealkylation sites (tertiary alicyclic amines) is 1. The zero-order valence-electron chi connectivity index (χ0n) is 11.7. The van der Waals surface area contributed by atoms with Crippen LogP contribution >= 0.6 is 0 Å². The standard InChI is InChI=1S/C13H23N5O/c1-10(11(2)14)13(19)17-5-3-4-12(6-17)7-18-9-15-8-16-18/h8-12H,3-7,14H2,1-2H3. The van der Waals surface area contributed by atoms with E-state index < -0.39 is 0 Å². The minimum Gasteiger partial charge on any atom is -0.342 e. The Morgan fingerprint density at radius 1 is 1.53 bits per heavy atom. The molecule has 1 aromatic heterocycles. The highest BCUT2D eigenvalue weighted by atomic mass is 16.2. The van der Waals surface area contributed by atoms with E-state index in [-0.39, 0.29) is 17.9 Å². The lowest BCUT2D eigenvalue weighted by Gasteiger charge is -2.35. The van der Waals surface area contributed by atoms with Gasteiger partial charge in [-0.05, 0) is 25.7 Å². The number of nitrogens with two attached hydrogens (primary N) is 1. The van der Waals surface area contributed by atoms with Crippen LogP contribution in [0.15, 0.2) is 12.7 Å². The topological polar surface area (TPSA) is 77.0 Å². The van der Waals surface area contributed by atoms with Crippen LogP contribution in [0, 0.1) is 11.8 Å². The molecular formula is C13H23N5O. The molecule has 19 heavy (non-hydrogen) atoms. The summed E-state index contributed by atoms with van der Waals surface area (Å²) in [4.78, 5) is 18.2. The molecule has 1 fully saturated rings. The number of carbonyl (C=O) groups excluding carboxylic acids is 1. The van der Waals surface area contributed by atoms with E-state index in [4.69, 9.17) is 5.73 Å². The maximum absolute atomic E-state index is 12.3. The number of hydrogen-bond donors (Lipinski definition) is 1. The number of amides is 1. The van der Waals surface area contributed by atoms with E-state index >= 15 is 0 Å². The summed E-state index contributed by atoms with van der Waals surface area (Å²) in [6.07, 6.45) is 5.46. The molecule has 0 aromatic carbocycles. The quantitative estimate of drug-likeness (QED) is 0.860. The van der Waals surface area contributed by atoms with Crippen molar-refractivity contribution >= 4 is 5.91 Å². The molecule has 0 spiro atoms. The largest absolute Gasteiger partial charge is 0.342 e. The van der Waals surface area contributed by atoms with Gasteiger partial charge in [0.05, 0.1) is 5.92 Å². The van der Waals surface area contributed by atoms with Gasteiger partial charge in [-0.25, -0.2) is 4.98 Å². The van der Waals surface area contributed by atoms with Crippen molar-refractivity contribution in [2.75, 3.05) is 13.1 Å². The summed E-state index contributed by atoms with van der Waals surface area (Å²) in [7, 11) is 0. The molecule has 3 atom stereocenters. The van der Waals surface area contributed by atoms with Crippen LogP contribution in [0.25, 0.3) is 0 Å². The molecule has 1 aliphatic rings. The van der Waals surface area contributed by atoms with Crippen LogP contribution in [-0.2, 0) is 11.3 Å². The molecule has 2 rings (SSSR count). The third-order valence-corrected chi connectivity index (χ3v) is 3.92. The average Bonchev–Trinajstić information content (AvgIpc) is 2.90.